The summed E-state index contributed by atoms with van der Waals surface area (Å²) in [5.41, 5.74) is 3.96. The van der Waals surface area contributed by atoms with Crippen LogP contribution in [-0.2, 0) is 17.8 Å². The Bertz CT molecular complexity index is 1140. The van der Waals surface area contributed by atoms with Gasteiger partial charge in [0.05, 0.1) is 24.2 Å². The van der Waals surface area contributed by atoms with Gasteiger partial charge in [0.2, 0.25) is 0 Å². The minimum atomic E-state index is -0.0288. The number of pyridine rings is 1. The van der Waals surface area contributed by atoms with Gasteiger partial charge in [-0.2, -0.15) is 0 Å². The van der Waals surface area contributed by atoms with Crippen molar-refractivity contribution in [2.75, 3.05) is 13.2 Å². The minimum Gasteiger partial charge on any atom is -0.377 e. The first-order valence-corrected chi connectivity index (χ1v) is 11.8. The monoisotopic (exact) mass is 436 g/mol. The molecule has 2 aromatic heterocycles. The van der Waals surface area contributed by atoms with Crippen LogP contribution < -0.4 is 5.56 Å². The zero-order valence-corrected chi connectivity index (χ0v) is 19.0. The molecule has 0 radical (unpaired) electrons. The molecular formula is C24H32N6O2. The highest BCUT2D eigenvalue weighted by Gasteiger charge is 2.25. The summed E-state index contributed by atoms with van der Waals surface area (Å²) in [4.78, 5) is 18.4. The number of aryl methyl sites for hydroxylation is 2. The Hall–Kier alpha value is -2.58. The summed E-state index contributed by atoms with van der Waals surface area (Å²) < 4.78 is 7.92. The number of benzene rings is 1. The molecule has 1 saturated heterocycles. The van der Waals surface area contributed by atoms with Crippen molar-refractivity contribution in [2.24, 2.45) is 0 Å². The molecule has 1 aromatic carbocycles. The van der Waals surface area contributed by atoms with Gasteiger partial charge < -0.3 is 9.72 Å². The zero-order chi connectivity index (χ0) is 22.1. The van der Waals surface area contributed by atoms with Gasteiger partial charge in [-0.3, -0.25) is 9.69 Å². The van der Waals surface area contributed by atoms with Gasteiger partial charge >= 0.3 is 0 Å². The normalized spacial score (nSPS) is 19.5. The van der Waals surface area contributed by atoms with Crippen LogP contribution in [0.5, 0.6) is 0 Å². The highest BCUT2D eigenvalue weighted by atomic mass is 16.5. The van der Waals surface area contributed by atoms with E-state index in [0.29, 0.717) is 19.1 Å². The molecule has 1 saturated carbocycles. The molecule has 1 N–H and O–H groups in total. The lowest BCUT2D eigenvalue weighted by Crippen LogP contribution is -2.34. The van der Waals surface area contributed by atoms with E-state index in [1.807, 2.05) is 10.7 Å². The van der Waals surface area contributed by atoms with Crippen molar-refractivity contribution in [2.45, 2.75) is 77.6 Å². The molecule has 2 aliphatic rings. The summed E-state index contributed by atoms with van der Waals surface area (Å²) in [5.74, 6) is 0.874. The van der Waals surface area contributed by atoms with Crippen molar-refractivity contribution in [3.8, 4) is 0 Å². The standard InChI is InChI=1S/C24H32N6O2/c1-16-9-10-18-12-19(24(31)25-23(18)17(16)2)13-29(14-21-8-5-11-32-21)15-22-26-27-28-30(22)20-6-3-4-7-20/h9-10,12,20-21H,3-8,11,13-15H2,1-2H3,(H,25,31). The number of aromatic amines is 1. The van der Waals surface area contributed by atoms with Gasteiger partial charge in [-0.1, -0.05) is 25.0 Å². The molecule has 5 rings (SSSR count). The third kappa shape index (κ3) is 4.34. The van der Waals surface area contributed by atoms with Crippen molar-refractivity contribution < 1.29 is 4.74 Å². The van der Waals surface area contributed by atoms with E-state index in [0.717, 1.165) is 66.7 Å². The fourth-order valence-corrected chi connectivity index (χ4v) is 5.14. The molecule has 170 valence electrons. The highest BCUT2D eigenvalue weighted by molar-refractivity contribution is 5.83. The highest BCUT2D eigenvalue weighted by Crippen LogP contribution is 2.29. The smallest absolute Gasteiger partial charge is 0.252 e. The Labute approximate surface area is 188 Å². The number of aromatic nitrogens is 5. The van der Waals surface area contributed by atoms with Crippen molar-refractivity contribution in [3.63, 3.8) is 0 Å². The fourth-order valence-electron chi connectivity index (χ4n) is 5.14. The van der Waals surface area contributed by atoms with Crippen LogP contribution in [0.4, 0.5) is 0 Å². The molecule has 1 atom stereocenters. The second-order valence-electron chi connectivity index (χ2n) is 9.38. The van der Waals surface area contributed by atoms with Gasteiger partial charge in [0.25, 0.3) is 5.56 Å². The van der Waals surface area contributed by atoms with Crippen LogP contribution in [0.15, 0.2) is 23.0 Å². The van der Waals surface area contributed by atoms with Crippen molar-refractivity contribution >= 4 is 10.9 Å². The number of ether oxygens (including phenoxy) is 1. The number of nitrogens with zero attached hydrogens (tertiary/aromatic N) is 5. The van der Waals surface area contributed by atoms with E-state index in [9.17, 15) is 4.79 Å². The van der Waals surface area contributed by atoms with Crippen LogP contribution in [-0.4, -0.2) is 49.3 Å². The molecule has 0 bridgehead atoms. The van der Waals surface area contributed by atoms with Gasteiger partial charge in [-0.15, -0.1) is 5.10 Å². The van der Waals surface area contributed by atoms with E-state index >= 15 is 0 Å². The molecular weight excluding hydrogens is 404 g/mol. The van der Waals surface area contributed by atoms with Gasteiger partial charge in [0, 0.05) is 25.3 Å². The first-order chi connectivity index (χ1) is 15.6. The number of nitrogens with one attached hydrogen (secondary N) is 1. The lowest BCUT2D eigenvalue weighted by molar-refractivity contribution is 0.0661. The minimum absolute atomic E-state index is 0.0288. The molecule has 0 spiro atoms. The molecule has 8 heteroatoms. The lowest BCUT2D eigenvalue weighted by atomic mass is 10.0. The van der Waals surface area contributed by atoms with Crippen LogP contribution in [0.25, 0.3) is 10.9 Å². The van der Waals surface area contributed by atoms with E-state index in [4.69, 9.17) is 4.74 Å². The zero-order valence-electron chi connectivity index (χ0n) is 19.0. The first kappa shape index (κ1) is 21.3. The van der Waals surface area contributed by atoms with E-state index in [2.05, 4.69) is 51.4 Å². The number of hydrogen-bond donors (Lipinski definition) is 1. The summed E-state index contributed by atoms with van der Waals surface area (Å²) in [6.45, 7) is 6.84. The van der Waals surface area contributed by atoms with Crippen LogP contribution in [0.3, 0.4) is 0 Å². The van der Waals surface area contributed by atoms with Crippen molar-refractivity contribution in [3.05, 3.63) is 51.1 Å². The Morgan fingerprint density at radius 1 is 1.16 bits per heavy atom. The summed E-state index contributed by atoms with van der Waals surface area (Å²) in [5, 5.41) is 13.7. The first-order valence-electron chi connectivity index (χ1n) is 11.8. The summed E-state index contributed by atoms with van der Waals surface area (Å²) in [6.07, 6.45) is 7.06. The van der Waals surface area contributed by atoms with Gasteiger partial charge in [-0.25, -0.2) is 4.68 Å². The number of hydrogen-bond acceptors (Lipinski definition) is 6. The van der Waals surface area contributed by atoms with Crippen LogP contribution >= 0.6 is 0 Å². The van der Waals surface area contributed by atoms with Crippen LogP contribution in [0.2, 0.25) is 0 Å². The molecule has 0 amide bonds. The maximum Gasteiger partial charge on any atom is 0.252 e. The third-order valence-electron chi connectivity index (χ3n) is 7.10. The summed E-state index contributed by atoms with van der Waals surface area (Å²) in [6, 6.07) is 6.62. The molecule has 8 nitrogen and oxygen atoms in total. The van der Waals surface area contributed by atoms with Gasteiger partial charge in [0.1, 0.15) is 0 Å². The number of tetrazole rings is 1. The maximum atomic E-state index is 13.0. The quantitative estimate of drug-likeness (QED) is 0.610. The second-order valence-corrected chi connectivity index (χ2v) is 9.38. The van der Waals surface area contributed by atoms with E-state index in [1.54, 1.807) is 0 Å². The Morgan fingerprint density at radius 3 is 2.78 bits per heavy atom. The van der Waals surface area contributed by atoms with Crippen molar-refractivity contribution in [1.82, 2.24) is 30.1 Å². The number of rotatable bonds is 7. The molecule has 1 unspecified atom stereocenters. The molecule has 1 aliphatic heterocycles. The second kappa shape index (κ2) is 9.11. The summed E-state index contributed by atoms with van der Waals surface area (Å²) >= 11 is 0. The van der Waals surface area contributed by atoms with Gasteiger partial charge in [-0.05, 0) is 72.5 Å². The van der Waals surface area contributed by atoms with Crippen LogP contribution in [0.1, 0.15) is 67.1 Å². The predicted molar refractivity (Wildman–Crippen MR) is 122 cm³/mol. The third-order valence-corrected chi connectivity index (χ3v) is 7.10. The van der Waals surface area contributed by atoms with E-state index < -0.39 is 0 Å². The van der Waals surface area contributed by atoms with Crippen LogP contribution in [0, 0.1) is 13.8 Å². The Kier molecular flexibility index (Phi) is 6.06. The lowest BCUT2D eigenvalue weighted by Gasteiger charge is -2.25. The number of H-pyrrole nitrogens is 1. The van der Waals surface area contributed by atoms with E-state index in [-0.39, 0.29) is 11.7 Å². The molecule has 32 heavy (non-hydrogen) atoms. The Morgan fingerprint density at radius 2 is 2.00 bits per heavy atom. The molecule has 2 fully saturated rings. The maximum absolute atomic E-state index is 13.0. The molecule has 3 heterocycles. The predicted octanol–water partition coefficient (Wildman–Crippen LogP) is 3.43. The molecule has 3 aromatic rings. The summed E-state index contributed by atoms with van der Waals surface area (Å²) in [7, 11) is 0. The fraction of sp³-hybridized carbons (Fsp3) is 0.583. The topological polar surface area (TPSA) is 88.9 Å². The SMILES string of the molecule is Cc1ccc2cc(CN(Cc3nnnn3C3CCCC3)CC3CCCO3)c(=O)[nH]c2c1C. The number of fused-ring (bicyclic) bond motifs is 1. The average molecular weight is 437 g/mol. The largest absolute Gasteiger partial charge is 0.377 e. The van der Waals surface area contributed by atoms with E-state index in [1.165, 1.54) is 18.4 Å². The average Bonchev–Trinajstić information content (AvgIpc) is 3.55. The van der Waals surface area contributed by atoms with Crippen molar-refractivity contribution in [1.29, 1.82) is 0 Å². The Balaban J connectivity index is 1.42. The molecule has 1 aliphatic carbocycles. The van der Waals surface area contributed by atoms with Gasteiger partial charge in [0.15, 0.2) is 5.82 Å².